The highest BCUT2D eigenvalue weighted by molar-refractivity contribution is 7.71. The van der Waals surface area contributed by atoms with Gasteiger partial charge < -0.3 is 14.6 Å². The van der Waals surface area contributed by atoms with E-state index in [0.29, 0.717) is 10.7 Å². The summed E-state index contributed by atoms with van der Waals surface area (Å²) in [5.74, 6) is 0.537. The molecule has 21 heavy (non-hydrogen) atoms. The van der Waals surface area contributed by atoms with E-state index in [-0.39, 0.29) is 6.04 Å². The Morgan fingerprint density at radius 2 is 2.10 bits per heavy atom. The normalized spacial score (nSPS) is 18.0. The Hall–Kier alpha value is -1.47. The third kappa shape index (κ3) is 2.80. The van der Waals surface area contributed by atoms with Crippen molar-refractivity contribution in [2.24, 2.45) is 0 Å². The van der Waals surface area contributed by atoms with Crippen molar-refractivity contribution in [3.8, 4) is 5.88 Å². The standard InChI is InChI=1S/C14H21N5OS/c1-10(8-18-6-4-3-5-7-18)19-12-11(17-14(19)21)13(20-2)16-9-15-12/h9-10H,3-8H2,1-2H3,(H,17,21). The SMILES string of the molecule is COc1ncnc2c1[nH]c(=S)n2C(C)CN1CCCCC1. The molecule has 1 aliphatic heterocycles. The van der Waals surface area contributed by atoms with Crippen LogP contribution in [-0.2, 0) is 0 Å². The number of rotatable bonds is 4. The van der Waals surface area contributed by atoms with Crippen LogP contribution in [0.3, 0.4) is 0 Å². The molecule has 1 N–H and O–H groups in total. The number of ether oxygens (including phenoxy) is 1. The smallest absolute Gasteiger partial charge is 0.242 e. The second-order valence-electron chi connectivity index (χ2n) is 5.59. The van der Waals surface area contributed by atoms with Gasteiger partial charge in [0.25, 0.3) is 0 Å². The Morgan fingerprint density at radius 3 is 2.81 bits per heavy atom. The molecule has 1 unspecified atom stereocenters. The van der Waals surface area contributed by atoms with Crippen molar-refractivity contribution >= 4 is 23.4 Å². The maximum Gasteiger partial charge on any atom is 0.242 e. The minimum Gasteiger partial charge on any atom is -0.479 e. The third-order valence-corrected chi connectivity index (χ3v) is 4.38. The van der Waals surface area contributed by atoms with E-state index in [9.17, 15) is 0 Å². The Kier molecular flexibility index (Phi) is 4.21. The molecule has 1 fully saturated rings. The van der Waals surface area contributed by atoms with E-state index in [0.717, 1.165) is 17.7 Å². The highest BCUT2D eigenvalue weighted by Crippen LogP contribution is 2.24. The number of H-pyrrole nitrogens is 1. The van der Waals surface area contributed by atoms with Gasteiger partial charge in [0.15, 0.2) is 10.4 Å². The molecule has 0 aromatic carbocycles. The largest absolute Gasteiger partial charge is 0.479 e. The van der Waals surface area contributed by atoms with Crippen molar-refractivity contribution in [3.05, 3.63) is 11.1 Å². The zero-order chi connectivity index (χ0) is 14.8. The fourth-order valence-electron chi connectivity index (χ4n) is 3.08. The molecule has 3 heterocycles. The van der Waals surface area contributed by atoms with Crippen LogP contribution in [0.1, 0.15) is 32.2 Å². The molecule has 2 aromatic rings. The van der Waals surface area contributed by atoms with Crippen LogP contribution in [0, 0.1) is 4.77 Å². The number of nitrogens with zero attached hydrogens (tertiary/aromatic N) is 4. The van der Waals surface area contributed by atoms with Gasteiger partial charge in [0.1, 0.15) is 11.8 Å². The van der Waals surface area contributed by atoms with E-state index < -0.39 is 0 Å². The van der Waals surface area contributed by atoms with E-state index in [1.54, 1.807) is 7.11 Å². The monoisotopic (exact) mass is 307 g/mol. The number of piperidine rings is 1. The lowest BCUT2D eigenvalue weighted by molar-refractivity contribution is 0.202. The molecule has 0 aliphatic carbocycles. The van der Waals surface area contributed by atoms with E-state index in [4.69, 9.17) is 17.0 Å². The highest BCUT2D eigenvalue weighted by atomic mass is 32.1. The topological polar surface area (TPSA) is 59.0 Å². The van der Waals surface area contributed by atoms with E-state index >= 15 is 0 Å². The second-order valence-corrected chi connectivity index (χ2v) is 5.98. The van der Waals surface area contributed by atoms with Crippen molar-refractivity contribution in [1.82, 2.24) is 24.4 Å². The van der Waals surface area contributed by atoms with Gasteiger partial charge in [-0.15, -0.1) is 0 Å². The fourth-order valence-corrected chi connectivity index (χ4v) is 3.45. The summed E-state index contributed by atoms with van der Waals surface area (Å²) in [6.07, 6.45) is 5.46. The van der Waals surface area contributed by atoms with Crippen LogP contribution in [-0.4, -0.2) is 51.2 Å². The molecule has 6 nitrogen and oxygen atoms in total. The first-order chi connectivity index (χ1) is 10.2. The Labute approximate surface area is 129 Å². The molecule has 2 aromatic heterocycles. The molecular formula is C14H21N5OS. The zero-order valence-electron chi connectivity index (χ0n) is 12.5. The van der Waals surface area contributed by atoms with Gasteiger partial charge in [-0.25, -0.2) is 4.98 Å². The Bertz CT molecular complexity index is 674. The number of imidazole rings is 1. The van der Waals surface area contributed by atoms with Crippen molar-refractivity contribution in [3.63, 3.8) is 0 Å². The third-order valence-electron chi connectivity index (χ3n) is 4.08. The number of methoxy groups -OCH3 is 1. The van der Waals surface area contributed by atoms with Crippen molar-refractivity contribution in [2.45, 2.75) is 32.2 Å². The molecule has 114 valence electrons. The molecular weight excluding hydrogens is 286 g/mol. The predicted octanol–water partition coefficient (Wildman–Crippen LogP) is 2.54. The summed E-state index contributed by atoms with van der Waals surface area (Å²) in [6, 6.07) is 0.268. The Morgan fingerprint density at radius 1 is 1.33 bits per heavy atom. The maximum atomic E-state index is 5.47. The van der Waals surface area contributed by atoms with Crippen molar-refractivity contribution < 1.29 is 4.74 Å². The molecule has 0 radical (unpaired) electrons. The molecule has 7 heteroatoms. The average Bonchev–Trinajstić information content (AvgIpc) is 2.84. The number of aromatic amines is 1. The van der Waals surface area contributed by atoms with Crippen LogP contribution >= 0.6 is 12.2 Å². The average molecular weight is 307 g/mol. The van der Waals surface area contributed by atoms with Crippen LogP contribution in [0.5, 0.6) is 5.88 Å². The molecule has 0 bridgehead atoms. The zero-order valence-corrected chi connectivity index (χ0v) is 13.3. The summed E-state index contributed by atoms with van der Waals surface area (Å²) < 4.78 is 8.02. The maximum absolute atomic E-state index is 5.47. The molecule has 0 amide bonds. The molecule has 0 spiro atoms. The first-order valence-corrected chi connectivity index (χ1v) is 7.83. The fraction of sp³-hybridized carbons (Fsp3) is 0.643. The molecule has 1 aliphatic rings. The van der Waals surface area contributed by atoms with Gasteiger partial charge in [0.2, 0.25) is 5.88 Å². The van der Waals surface area contributed by atoms with E-state index in [1.165, 1.54) is 38.7 Å². The second kappa shape index (κ2) is 6.11. The number of nitrogens with one attached hydrogen (secondary N) is 1. The van der Waals surface area contributed by atoms with Gasteiger partial charge in [-0.1, -0.05) is 6.42 Å². The van der Waals surface area contributed by atoms with Gasteiger partial charge in [0.05, 0.1) is 7.11 Å². The lowest BCUT2D eigenvalue weighted by Gasteiger charge is -2.29. The number of hydrogen-bond donors (Lipinski definition) is 1. The summed E-state index contributed by atoms with van der Waals surface area (Å²) in [6.45, 7) is 5.54. The summed E-state index contributed by atoms with van der Waals surface area (Å²) in [5, 5.41) is 0. The van der Waals surface area contributed by atoms with Crippen LogP contribution in [0.25, 0.3) is 11.2 Å². The lowest BCUT2D eigenvalue weighted by Crippen LogP contribution is -2.34. The number of likely N-dealkylation sites (tertiary alicyclic amines) is 1. The lowest BCUT2D eigenvalue weighted by atomic mass is 10.1. The highest BCUT2D eigenvalue weighted by Gasteiger charge is 2.19. The predicted molar refractivity (Wildman–Crippen MR) is 84.3 cm³/mol. The molecule has 0 saturated carbocycles. The van der Waals surface area contributed by atoms with Gasteiger partial charge in [0, 0.05) is 12.6 Å². The van der Waals surface area contributed by atoms with Gasteiger partial charge in [-0.3, -0.25) is 4.57 Å². The Balaban J connectivity index is 1.92. The van der Waals surface area contributed by atoms with Crippen LogP contribution < -0.4 is 4.74 Å². The van der Waals surface area contributed by atoms with Crippen LogP contribution in [0.2, 0.25) is 0 Å². The molecule has 3 rings (SSSR count). The van der Waals surface area contributed by atoms with Gasteiger partial charge in [-0.2, -0.15) is 4.98 Å². The summed E-state index contributed by atoms with van der Waals surface area (Å²) in [5.41, 5.74) is 1.59. The number of aromatic nitrogens is 4. The van der Waals surface area contributed by atoms with Crippen LogP contribution in [0.15, 0.2) is 6.33 Å². The molecule has 1 atom stereocenters. The van der Waals surface area contributed by atoms with E-state index in [1.807, 2.05) is 0 Å². The summed E-state index contributed by atoms with van der Waals surface area (Å²) >= 11 is 5.47. The summed E-state index contributed by atoms with van der Waals surface area (Å²) in [7, 11) is 1.60. The van der Waals surface area contributed by atoms with Crippen molar-refractivity contribution in [1.29, 1.82) is 0 Å². The number of fused-ring (bicyclic) bond motifs is 1. The summed E-state index contributed by atoms with van der Waals surface area (Å²) in [4.78, 5) is 14.2. The minimum absolute atomic E-state index is 0.268. The van der Waals surface area contributed by atoms with E-state index in [2.05, 4.69) is 31.3 Å². The van der Waals surface area contributed by atoms with Crippen molar-refractivity contribution in [2.75, 3.05) is 26.7 Å². The van der Waals surface area contributed by atoms with Crippen LogP contribution in [0.4, 0.5) is 0 Å². The molecule has 1 saturated heterocycles. The number of hydrogen-bond acceptors (Lipinski definition) is 5. The quantitative estimate of drug-likeness (QED) is 0.880. The minimum atomic E-state index is 0.268. The van der Waals surface area contributed by atoms with Gasteiger partial charge in [-0.05, 0) is 45.1 Å². The first kappa shape index (κ1) is 14.5. The first-order valence-electron chi connectivity index (χ1n) is 7.42. The van der Waals surface area contributed by atoms with Gasteiger partial charge >= 0.3 is 0 Å².